The summed E-state index contributed by atoms with van der Waals surface area (Å²) in [5, 5.41) is 0. The number of piperidine rings is 1. The van der Waals surface area contributed by atoms with Crippen LogP contribution in [0.15, 0.2) is 0 Å². The zero-order valence-electron chi connectivity index (χ0n) is 13.5. The molecule has 5 nitrogen and oxygen atoms in total. The number of ether oxygens (including phenoxy) is 1. The maximum absolute atomic E-state index is 12.3. The number of hydrogen-bond donors (Lipinski definition) is 0. The van der Waals surface area contributed by atoms with E-state index in [4.69, 9.17) is 4.74 Å². The summed E-state index contributed by atoms with van der Waals surface area (Å²) >= 11 is 0. The maximum Gasteiger partial charge on any atom is 0.216 e. The molecule has 1 rings (SSSR count). The summed E-state index contributed by atoms with van der Waals surface area (Å²) in [6.07, 6.45) is 1.91. The zero-order valence-corrected chi connectivity index (χ0v) is 14.3. The fourth-order valence-electron chi connectivity index (χ4n) is 2.53. The van der Waals surface area contributed by atoms with Gasteiger partial charge in [0.05, 0.1) is 18.5 Å². The van der Waals surface area contributed by atoms with E-state index in [-0.39, 0.29) is 24.5 Å². The predicted octanol–water partition coefficient (Wildman–Crippen LogP) is 1.55. The van der Waals surface area contributed by atoms with Gasteiger partial charge in [0.2, 0.25) is 10.0 Å². The van der Waals surface area contributed by atoms with Crippen LogP contribution in [0.4, 0.5) is 0 Å². The summed E-state index contributed by atoms with van der Waals surface area (Å²) < 4.78 is 31.4. The van der Waals surface area contributed by atoms with E-state index in [9.17, 15) is 8.42 Å². The highest BCUT2D eigenvalue weighted by molar-refractivity contribution is 7.89. The Balaban J connectivity index is 2.46. The van der Waals surface area contributed by atoms with Gasteiger partial charge >= 0.3 is 0 Å². The van der Waals surface area contributed by atoms with Crippen LogP contribution in [0.5, 0.6) is 0 Å². The third kappa shape index (κ3) is 5.31. The Morgan fingerprint density at radius 1 is 1.20 bits per heavy atom. The highest BCUT2D eigenvalue weighted by atomic mass is 32.2. The minimum atomic E-state index is -3.20. The minimum absolute atomic E-state index is 0.0739. The highest BCUT2D eigenvalue weighted by Gasteiger charge is 2.30. The van der Waals surface area contributed by atoms with Gasteiger partial charge in [0.1, 0.15) is 0 Å². The normalized spacial score (nSPS) is 19.4. The summed E-state index contributed by atoms with van der Waals surface area (Å²) in [5.41, 5.74) is 0. The fourth-order valence-corrected chi connectivity index (χ4v) is 3.79. The number of sulfonamides is 1. The van der Waals surface area contributed by atoms with Crippen LogP contribution in [0.2, 0.25) is 0 Å². The van der Waals surface area contributed by atoms with E-state index in [0.29, 0.717) is 6.04 Å². The topological polar surface area (TPSA) is 49.9 Å². The molecule has 1 aliphatic heterocycles. The predicted molar refractivity (Wildman–Crippen MR) is 82.4 cm³/mol. The second-order valence-electron chi connectivity index (χ2n) is 6.11. The molecule has 6 heteroatoms. The lowest BCUT2D eigenvalue weighted by Crippen LogP contribution is -2.48. The van der Waals surface area contributed by atoms with Crippen LogP contribution in [-0.4, -0.2) is 68.3 Å². The van der Waals surface area contributed by atoms with Crippen molar-refractivity contribution in [3.63, 3.8) is 0 Å². The molecule has 1 fully saturated rings. The van der Waals surface area contributed by atoms with Crippen molar-refractivity contribution >= 4 is 10.0 Å². The van der Waals surface area contributed by atoms with Crippen LogP contribution in [0.1, 0.15) is 40.5 Å². The van der Waals surface area contributed by atoms with Crippen molar-refractivity contribution in [2.45, 2.75) is 58.7 Å². The van der Waals surface area contributed by atoms with Gasteiger partial charge in [-0.1, -0.05) is 0 Å². The van der Waals surface area contributed by atoms with Gasteiger partial charge in [-0.2, -0.15) is 0 Å². The van der Waals surface area contributed by atoms with Crippen molar-refractivity contribution < 1.29 is 13.2 Å². The van der Waals surface area contributed by atoms with E-state index < -0.39 is 10.0 Å². The van der Waals surface area contributed by atoms with E-state index >= 15 is 0 Å². The SMILES string of the molecule is CC(C)OCCS(=O)(=O)N(C)C1CCN(C(C)C)CC1. The molecule has 0 amide bonds. The molecule has 0 spiro atoms. The molecule has 1 saturated heterocycles. The molecule has 0 atom stereocenters. The van der Waals surface area contributed by atoms with Crippen LogP contribution in [0.3, 0.4) is 0 Å². The molecular weight excluding hydrogens is 276 g/mol. The van der Waals surface area contributed by atoms with Gasteiger partial charge in [0.25, 0.3) is 0 Å². The largest absolute Gasteiger partial charge is 0.378 e. The molecule has 0 aromatic rings. The zero-order chi connectivity index (χ0) is 15.3. The minimum Gasteiger partial charge on any atom is -0.378 e. The summed E-state index contributed by atoms with van der Waals surface area (Å²) in [6.45, 7) is 10.4. The molecule has 0 unspecified atom stereocenters. The molecular formula is C14H30N2O3S. The number of rotatable bonds is 7. The average molecular weight is 306 g/mol. The molecule has 0 radical (unpaired) electrons. The Bertz CT molecular complexity index is 374. The molecule has 0 bridgehead atoms. The first-order chi connectivity index (χ1) is 9.24. The first-order valence-electron chi connectivity index (χ1n) is 7.55. The molecule has 1 heterocycles. The average Bonchev–Trinajstić information content (AvgIpc) is 2.37. The standard InChI is InChI=1S/C14H30N2O3S/c1-12(2)16-8-6-14(7-9-16)15(5)20(17,18)11-10-19-13(3)4/h12-14H,6-11H2,1-5H3. The monoisotopic (exact) mass is 306 g/mol. The van der Waals surface area contributed by atoms with Crippen molar-refractivity contribution in [2.24, 2.45) is 0 Å². The second-order valence-corrected chi connectivity index (χ2v) is 8.26. The van der Waals surface area contributed by atoms with Gasteiger partial charge in [0.15, 0.2) is 0 Å². The van der Waals surface area contributed by atoms with E-state index in [1.54, 1.807) is 11.4 Å². The Morgan fingerprint density at radius 3 is 2.20 bits per heavy atom. The van der Waals surface area contributed by atoms with Crippen molar-refractivity contribution in [3.8, 4) is 0 Å². The van der Waals surface area contributed by atoms with Crippen LogP contribution >= 0.6 is 0 Å². The maximum atomic E-state index is 12.3. The molecule has 0 saturated carbocycles. The summed E-state index contributed by atoms with van der Waals surface area (Å²) in [5.74, 6) is 0.0755. The Labute approximate surface area is 124 Å². The molecule has 0 N–H and O–H groups in total. The second kappa shape index (κ2) is 7.73. The van der Waals surface area contributed by atoms with Gasteiger partial charge in [-0.05, 0) is 53.6 Å². The van der Waals surface area contributed by atoms with Gasteiger partial charge in [-0.3, -0.25) is 0 Å². The Kier molecular flexibility index (Phi) is 6.91. The molecule has 120 valence electrons. The van der Waals surface area contributed by atoms with Crippen LogP contribution < -0.4 is 0 Å². The van der Waals surface area contributed by atoms with Crippen molar-refractivity contribution in [2.75, 3.05) is 32.5 Å². The van der Waals surface area contributed by atoms with Crippen LogP contribution in [0.25, 0.3) is 0 Å². The molecule has 1 aliphatic rings. The molecule has 0 aliphatic carbocycles. The van der Waals surface area contributed by atoms with Gasteiger partial charge in [-0.25, -0.2) is 12.7 Å². The van der Waals surface area contributed by atoms with E-state index in [1.807, 2.05) is 13.8 Å². The molecule has 20 heavy (non-hydrogen) atoms. The summed E-state index contributed by atoms with van der Waals surface area (Å²) in [4.78, 5) is 2.40. The highest BCUT2D eigenvalue weighted by Crippen LogP contribution is 2.19. The lowest BCUT2D eigenvalue weighted by atomic mass is 10.0. The fraction of sp³-hybridized carbons (Fsp3) is 1.00. The van der Waals surface area contributed by atoms with Gasteiger partial charge in [0, 0.05) is 19.1 Å². The summed E-state index contributed by atoms with van der Waals surface area (Å²) in [6, 6.07) is 0.673. The molecule has 0 aromatic carbocycles. The quantitative estimate of drug-likeness (QED) is 0.716. The number of likely N-dealkylation sites (tertiary alicyclic amines) is 1. The Hall–Kier alpha value is -0.170. The third-order valence-corrected chi connectivity index (χ3v) is 5.83. The smallest absolute Gasteiger partial charge is 0.216 e. The Morgan fingerprint density at radius 2 is 1.75 bits per heavy atom. The first kappa shape index (κ1) is 17.9. The molecule has 0 aromatic heterocycles. The lowest BCUT2D eigenvalue weighted by Gasteiger charge is -2.38. The van der Waals surface area contributed by atoms with Crippen molar-refractivity contribution in [1.82, 2.24) is 9.21 Å². The third-order valence-electron chi connectivity index (χ3n) is 3.97. The lowest BCUT2D eigenvalue weighted by molar-refractivity contribution is 0.0901. The van der Waals surface area contributed by atoms with Crippen LogP contribution in [-0.2, 0) is 14.8 Å². The van der Waals surface area contributed by atoms with E-state index in [1.165, 1.54) is 0 Å². The van der Waals surface area contributed by atoms with E-state index in [0.717, 1.165) is 25.9 Å². The van der Waals surface area contributed by atoms with Crippen molar-refractivity contribution in [1.29, 1.82) is 0 Å². The number of hydrogen-bond acceptors (Lipinski definition) is 4. The van der Waals surface area contributed by atoms with Crippen LogP contribution in [0, 0.1) is 0 Å². The summed E-state index contributed by atoms with van der Waals surface area (Å²) in [7, 11) is -1.49. The number of nitrogens with zero attached hydrogens (tertiary/aromatic N) is 2. The van der Waals surface area contributed by atoms with E-state index in [2.05, 4.69) is 18.7 Å². The first-order valence-corrected chi connectivity index (χ1v) is 9.16. The van der Waals surface area contributed by atoms with Gasteiger partial charge < -0.3 is 9.64 Å². The van der Waals surface area contributed by atoms with Crippen molar-refractivity contribution in [3.05, 3.63) is 0 Å². The van der Waals surface area contributed by atoms with Gasteiger partial charge in [-0.15, -0.1) is 0 Å².